The molecular weight excluding hydrogens is 376 g/mol. The number of aliphatic hydroxyl groups excluding tert-OH is 2. The van der Waals surface area contributed by atoms with E-state index in [-0.39, 0.29) is 29.0 Å². The minimum absolute atomic E-state index is 0.0833. The summed E-state index contributed by atoms with van der Waals surface area (Å²) in [6.45, 7) is 8.17. The number of carboxylic acids is 1. The predicted octanol–water partition coefficient (Wildman–Crippen LogP) is 5.09. The van der Waals surface area contributed by atoms with E-state index >= 15 is 0 Å². The maximum absolute atomic E-state index is 10.6. The third-order valence-corrected chi connectivity index (χ3v) is 6.06. The number of carboxylic acid groups (broad SMARTS) is 1. The molecule has 1 rings (SSSR count). The molecule has 5 heteroatoms. The molecule has 28 heavy (non-hydrogen) atoms. The first-order chi connectivity index (χ1) is 13.0. The number of aliphatic hydroxyl groups is 2. The quantitative estimate of drug-likeness (QED) is 0.251. The fraction of sp³-hybridized carbons (Fsp3) is 0.696. The molecule has 1 aliphatic carbocycles. The summed E-state index contributed by atoms with van der Waals surface area (Å²) in [4.78, 5) is 10.5. The van der Waals surface area contributed by atoms with Crippen LogP contribution in [-0.4, -0.2) is 38.9 Å². The molecule has 0 bridgehead atoms. The molecule has 1 aliphatic rings. The molecular formula is C23H37ClO4. The van der Waals surface area contributed by atoms with Crippen LogP contribution in [0.4, 0.5) is 0 Å². The Labute approximate surface area is 175 Å². The fourth-order valence-corrected chi connectivity index (χ4v) is 3.94. The van der Waals surface area contributed by atoms with Crippen LogP contribution in [0.15, 0.2) is 36.0 Å². The number of carbonyl (C=O) groups is 1. The van der Waals surface area contributed by atoms with Crippen LogP contribution in [0.5, 0.6) is 0 Å². The first-order valence-corrected chi connectivity index (χ1v) is 10.7. The summed E-state index contributed by atoms with van der Waals surface area (Å²) < 4.78 is 0. The number of aliphatic carboxylic acids is 1. The lowest BCUT2D eigenvalue weighted by Gasteiger charge is -2.28. The smallest absolute Gasteiger partial charge is 0.303 e. The van der Waals surface area contributed by atoms with Crippen LogP contribution in [0.1, 0.15) is 66.2 Å². The molecule has 0 saturated heterocycles. The number of rotatable bonds is 11. The van der Waals surface area contributed by atoms with E-state index in [9.17, 15) is 15.0 Å². The number of halogens is 1. The van der Waals surface area contributed by atoms with Crippen molar-refractivity contribution < 1.29 is 20.1 Å². The minimum atomic E-state index is -0.774. The van der Waals surface area contributed by atoms with Gasteiger partial charge in [0, 0.05) is 17.7 Å². The zero-order valence-electron chi connectivity index (χ0n) is 17.6. The summed E-state index contributed by atoms with van der Waals surface area (Å²) in [6.07, 6.45) is 12.4. The Balaban J connectivity index is 2.67. The van der Waals surface area contributed by atoms with Gasteiger partial charge in [-0.05, 0) is 57.3 Å². The van der Waals surface area contributed by atoms with Crippen molar-refractivity contribution in [1.82, 2.24) is 0 Å². The van der Waals surface area contributed by atoms with Gasteiger partial charge in [0.2, 0.25) is 0 Å². The third-order valence-electron chi connectivity index (χ3n) is 5.56. The third kappa shape index (κ3) is 8.50. The highest BCUT2D eigenvalue weighted by Crippen LogP contribution is 2.40. The summed E-state index contributed by atoms with van der Waals surface area (Å²) in [5.74, 6) is -0.749. The molecule has 0 radical (unpaired) electrons. The molecule has 0 heterocycles. The minimum Gasteiger partial charge on any atom is -0.481 e. The zero-order chi connectivity index (χ0) is 21.3. The standard InChI is InChI=1S/C23H37ClO4/c1-16(2)13-14-23(3,4)21(26)12-11-18-17(19(24)15-20(18)25)9-7-5-6-8-10-22(27)28/h5,7,11-13,17-21,25-26H,6,8-10,14-15H2,1-4H3,(H,27,28)/b7-5-,12-11+/t17-,18-,19-,20-,21-/m1/s1. The van der Waals surface area contributed by atoms with Gasteiger partial charge in [0.25, 0.3) is 0 Å². The molecule has 5 atom stereocenters. The first-order valence-electron chi connectivity index (χ1n) is 10.2. The summed E-state index contributed by atoms with van der Waals surface area (Å²) in [6, 6.07) is 0. The summed E-state index contributed by atoms with van der Waals surface area (Å²) in [5.41, 5.74) is 0.952. The number of hydrogen-bond acceptors (Lipinski definition) is 3. The van der Waals surface area contributed by atoms with E-state index in [1.165, 1.54) is 5.57 Å². The van der Waals surface area contributed by atoms with E-state index < -0.39 is 18.2 Å². The molecule has 4 nitrogen and oxygen atoms in total. The van der Waals surface area contributed by atoms with Crippen LogP contribution in [-0.2, 0) is 4.79 Å². The molecule has 3 N–H and O–H groups in total. The Morgan fingerprint density at radius 2 is 1.96 bits per heavy atom. The van der Waals surface area contributed by atoms with Crippen molar-refractivity contribution in [1.29, 1.82) is 0 Å². The summed E-state index contributed by atoms with van der Waals surface area (Å²) >= 11 is 6.46. The average Bonchev–Trinajstić information content (AvgIpc) is 2.86. The maximum Gasteiger partial charge on any atom is 0.303 e. The van der Waals surface area contributed by atoms with Gasteiger partial charge in [-0.1, -0.05) is 49.8 Å². The van der Waals surface area contributed by atoms with Crippen LogP contribution in [0.2, 0.25) is 0 Å². The molecule has 1 saturated carbocycles. The highest BCUT2D eigenvalue weighted by molar-refractivity contribution is 6.21. The van der Waals surface area contributed by atoms with Crippen LogP contribution in [0.3, 0.4) is 0 Å². The average molecular weight is 413 g/mol. The van der Waals surface area contributed by atoms with Gasteiger partial charge in [0.15, 0.2) is 0 Å². The van der Waals surface area contributed by atoms with E-state index in [4.69, 9.17) is 16.7 Å². The Bertz CT molecular complexity index is 575. The highest BCUT2D eigenvalue weighted by atomic mass is 35.5. The number of unbranched alkanes of at least 4 members (excludes halogenated alkanes) is 1. The van der Waals surface area contributed by atoms with Gasteiger partial charge in [-0.25, -0.2) is 0 Å². The SMILES string of the molecule is CC(C)=CCC(C)(C)[C@H](O)/C=C/[C@@H]1[C@@H](C/C=C\CCCC(=O)O)[C@H](Cl)C[C@H]1O. The highest BCUT2D eigenvalue weighted by Gasteiger charge is 2.39. The molecule has 1 fully saturated rings. The molecule has 0 aliphatic heterocycles. The van der Waals surface area contributed by atoms with Crippen molar-refractivity contribution in [2.45, 2.75) is 83.8 Å². The lowest BCUT2D eigenvalue weighted by Crippen LogP contribution is -2.28. The van der Waals surface area contributed by atoms with E-state index in [1.807, 2.05) is 52.0 Å². The van der Waals surface area contributed by atoms with Crippen molar-refractivity contribution in [3.8, 4) is 0 Å². The van der Waals surface area contributed by atoms with E-state index in [0.29, 0.717) is 12.8 Å². The predicted molar refractivity (Wildman–Crippen MR) is 115 cm³/mol. The second kappa shape index (κ2) is 11.8. The van der Waals surface area contributed by atoms with Gasteiger partial charge in [-0.2, -0.15) is 0 Å². The zero-order valence-corrected chi connectivity index (χ0v) is 18.4. The molecule has 160 valence electrons. The molecule has 0 spiro atoms. The normalized spacial score (nSPS) is 26.8. The molecule has 0 aromatic heterocycles. The number of alkyl halides is 1. The van der Waals surface area contributed by atoms with E-state index in [2.05, 4.69) is 6.08 Å². The van der Waals surface area contributed by atoms with E-state index in [1.54, 1.807) is 0 Å². The van der Waals surface area contributed by atoms with Gasteiger partial charge >= 0.3 is 5.97 Å². The molecule has 0 aromatic rings. The molecule has 0 aromatic carbocycles. The van der Waals surface area contributed by atoms with E-state index in [0.717, 1.165) is 19.3 Å². The van der Waals surface area contributed by atoms with Crippen molar-refractivity contribution in [3.63, 3.8) is 0 Å². The largest absolute Gasteiger partial charge is 0.481 e. The summed E-state index contributed by atoms with van der Waals surface area (Å²) in [5, 5.41) is 29.6. The van der Waals surface area contributed by atoms with Gasteiger partial charge in [-0.3, -0.25) is 4.79 Å². The van der Waals surface area contributed by atoms with Crippen molar-refractivity contribution in [3.05, 3.63) is 36.0 Å². The first kappa shape index (κ1) is 24.9. The second-order valence-electron chi connectivity index (χ2n) is 8.86. The van der Waals surface area contributed by atoms with Crippen LogP contribution in [0, 0.1) is 17.3 Å². The Morgan fingerprint density at radius 1 is 1.29 bits per heavy atom. The van der Waals surface area contributed by atoms with Crippen molar-refractivity contribution in [2.75, 3.05) is 0 Å². The van der Waals surface area contributed by atoms with Gasteiger partial charge in [0.05, 0.1) is 12.2 Å². The van der Waals surface area contributed by atoms with Crippen molar-refractivity contribution >= 4 is 17.6 Å². The van der Waals surface area contributed by atoms with Crippen molar-refractivity contribution in [2.24, 2.45) is 17.3 Å². The number of hydrogen-bond donors (Lipinski definition) is 3. The fourth-order valence-electron chi connectivity index (χ4n) is 3.49. The van der Waals surface area contributed by atoms with Gasteiger partial charge in [0.1, 0.15) is 0 Å². The Hall–Kier alpha value is -1.10. The summed E-state index contributed by atoms with van der Waals surface area (Å²) in [7, 11) is 0. The number of allylic oxidation sites excluding steroid dienone is 4. The lowest BCUT2D eigenvalue weighted by atomic mass is 9.81. The lowest BCUT2D eigenvalue weighted by molar-refractivity contribution is -0.137. The van der Waals surface area contributed by atoms with Crippen LogP contribution < -0.4 is 0 Å². The van der Waals surface area contributed by atoms with Gasteiger partial charge in [-0.15, -0.1) is 11.6 Å². The second-order valence-corrected chi connectivity index (χ2v) is 9.42. The Morgan fingerprint density at radius 3 is 2.57 bits per heavy atom. The molecule has 0 amide bonds. The van der Waals surface area contributed by atoms with Gasteiger partial charge < -0.3 is 15.3 Å². The maximum atomic E-state index is 10.6. The van der Waals surface area contributed by atoms with Crippen LogP contribution >= 0.6 is 11.6 Å². The topological polar surface area (TPSA) is 77.8 Å². The molecule has 0 unspecified atom stereocenters. The monoisotopic (exact) mass is 412 g/mol. The Kier molecular flexibility index (Phi) is 10.5. The van der Waals surface area contributed by atoms with Crippen LogP contribution in [0.25, 0.3) is 0 Å².